The molecule has 1 saturated heterocycles. The van der Waals surface area contributed by atoms with E-state index >= 15 is 0 Å². The summed E-state index contributed by atoms with van der Waals surface area (Å²) in [7, 11) is 1.61. The third-order valence-electron chi connectivity index (χ3n) is 4.46. The minimum Gasteiger partial charge on any atom is -0.453 e. The smallest absolute Gasteiger partial charge is 0.338 e. The van der Waals surface area contributed by atoms with Gasteiger partial charge < -0.3 is 18.9 Å². The fraction of sp³-hybridized carbons (Fsp3) is 0.381. The highest BCUT2D eigenvalue weighted by Crippen LogP contribution is 2.28. The van der Waals surface area contributed by atoms with E-state index in [1.54, 1.807) is 19.2 Å². The van der Waals surface area contributed by atoms with E-state index in [4.69, 9.17) is 18.9 Å². The monoisotopic (exact) mass is 482 g/mol. The van der Waals surface area contributed by atoms with Crippen LogP contribution in [0.25, 0.3) is 0 Å². The molecule has 0 radical (unpaired) electrons. The summed E-state index contributed by atoms with van der Waals surface area (Å²) in [6.45, 7) is 0.440. The quantitative estimate of drug-likeness (QED) is 0.340. The van der Waals surface area contributed by atoms with Gasteiger partial charge in [-0.2, -0.15) is 0 Å². The molecular formula is C21H23IO5. The average Bonchev–Trinajstić information content (AvgIpc) is 2.74. The van der Waals surface area contributed by atoms with Gasteiger partial charge in [-0.3, -0.25) is 0 Å². The molecule has 0 saturated carbocycles. The van der Waals surface area contributed by atoms with E-state index in [0.717, 1.165) is 5.56 Å². The van der Waals surface area contributed by atoms with Crippen LogP contribution in [0.4, 0.5) is 0 Å². The summed E-state index contributed by atoms with van der Waals surface area (Å²) in [5.41, 5.74) is 1.58. The number of hydrogen-bond donors (Lipinski definition) is 0. The number of alkyl halides is 1. The van der Waals surface area contributed by atoms with Crippen LogP contribution in [0, 0.1) is 0 Å². The van der Waals surface area contributed by atoms with Crippen molar-refractivity contribution < 1.29 is 23.7 Å². The molecule has 2 aromatic rings. The van der Waals surface area contributed by atoms with Gasteiger partial charge in [0.1, 0.15) is 12.2 Å². The second-order valence-electron chi connectivity index (χ2n) is 6.30. The van der Waals surface area contributed by atoms with E-state index in [0.29, 0.717) is 23.0 Å². The third-order valence-corrected chi connectivity index (χ3v) is 5.33. The molecule has 5 nitrogen and oxygen atoms in total. The van der Waals surface area contributed by atoms with E-state index in [1.165, 1.54) is 0 Å². The summed E-state index contributed by atoms with van der Waals surface area (Å²) < 4.78 is 24.0. The number of halogens is 1. The predicted molar refractivity (Wildman–Crippen MR) is 110 cm³/mol. The molecule has 27 heavy (non-hydrogen) atoms. The van der Waals surface area contributed by atoms with Crippen molar-refractivity contribution in [1.82, 2.24) is 0 Å². The molecule has 1 unspecified atom stereocenters. The molecule has 1 fully saturated rings. The molecule has 0 aromatic heterocycles. The van der Waals surface area contributed by atoms with Crippen molar-refractivity contribution in [2.45, 2.75) is 37.6 Å². The third kappa shape index (κ3) is 5.51. The zero-order valence-corrected chi connectivity index (χ0v) is 17.3. The van der Waals surface area contributed by atoms with Gasteiger partial charge in [-0.15, -0.1) is 0 Å². The fourth-order valence-corrected chi connectivity index (χ4v) is 3.73. The topological polar surface area (TPSA) is 54.0 Å². The van der Waals surface area contributed by atoms with Gasteiger partial charge in [0.15, 0.2) is 12.4 Å². The second-order valence-corrected chi connectivity index (χ2v) is 7.18. The van der Waals surface area contributed by atoms with Gasteiger partial charge in [-0.1, -0.05) is 71.1 Å². The molecule has 0 spiro atoms. The molecule has 0 amide bonds. The second kappa shape index (κ2) is 10.2. The highest BCUT2D eigenvalue weighted by Gasteiger charge is 2.42. The Balaban J connectivity index is 1.73. The number of rotatable bonds is 7. The minimum absolute atomic E-state index is 0.294. The van der Waals surface area contributed by atoms with Crippen molar-refractivity contribution in [1.29, 1.82) is 0 Å². The van der Waals surface area contributed by atoms with Gasteiger partial charge in [0.2, 0.25) is 0 Å². The molecule has 1 heterocycles. The molecular weight excluding hydrogens is 459 g/mol. The summed E-state index contributed by atoms with van der Waals surface area (Å²) >= 11 is 2.23. The molecule has 0 N–H and O–H groups in total. The van der Waals surface area contributed by atoms with Gasteiger partial charge in [-0.25, -0.2) is 4.79 Å². The average molecular weight is 482 g/mol. The summed E-state index contributed by atoms with van der Waals surface area (Å²) in [6, 6.07) is 18.9. The Labute approximate surface area is 173 Å². The fourth-order valence-electron chi connectivity index (χ4n) is 3.03. The lowest BCUT2D eigenvalue weighted by molar-refractivity contribution is -0.245. The minimum atomic E-state index is -0.496. The predicted octanol–water partition coefficient (Wildman–Crippen LogP) is 3.99. The van der Waals surface area contributed by atoms with Crippen LogP contribution in [0.5, 0.6) is 0 Å². The maximum atomic E-state index is 12.6. The Morgan fingerprint density at radius 3 is 2.41 bits per heavy atom. The molecule has 1 aliphatic rings. The zero-order valence-electron chi connectivity index (χ0n) is 15.1. The van der Waals surface area contributed by atoms with Gasteiger partial charge in [-0.05, 0) is 17.7 Å². The van der Waals surface area contributed by atoms with Crippen LogP contribution >= 0.6 is 22.6 Å². The lowest BCUT2D eigenvalue weighted by Gasteiger charge is -2.40. The Kier molecular flexibility index (Phi) is 7.63. The van der Waals surface area contributed by atoms with Crippen LogP contribution < -0.4 is 0 Å². The van der Waals surface area contributed by atoms with Gasteiger partial charge in [0.25, 0.3) is 0 Å². The first-order valence-electron chi connectivity index (χ1n) is 8.87. The lowest BCUT2D eigenvalue weighted by Crippen LogP contribution is -2.52. The van der Waals surface area contributed by atoms with Crippen LogP contribution in [0.15, 0.2) is 60.7 Å². The molecule has 0 aliphatic carbocycles. The summed E-state index contributed by atoms with van der Waals surface area (Å²) in [5, 5.41) is 0. The Morgan fingerprint density at radius 2 is 1.78 bits per heavy atom. The summed E-state index contributed by atoms with van der Waals surface area (Å²) in [4.78, 5) is 12.6. The largest absolute Gasteiger partial charge is 0.453 e. The lowest BCUT2D eigenvalue weighted by atomic mass is 10.0. The van der Waals surface area contributed by atoms with Gasteiger partial charge in [0, 0.05) is 18.0 Å². The standard InChI is InChI=1S/C21H23IO5/c1-24-19-12-17(25-14-15-8-4-2-5-9-15)20(18(13-22)26-19)27-21(23)16-10-6-3-7-11-16/h2-11,17-20H,12-14H2,1H3/t17-,18-,19?,20+/m1/s1. The normalized spacial score (nSPS) is 25.1. The van der Waals surface area contributed by atoms with E-state index in [-0.39, 0.29) is 24.5 Å². The van der Waals surface area contributed by atoms with Crippen molar-refractivity contribution in [2.75, 3.05) is 11.5 Å². The van der Waals surface area contributed by atoms with E-state index in [2.05, 4.69) is 22.6 Å². The molecule has 6 heteroatoms. The van der Waals surface area contributed by atoms with Crippen molar-refractivity contribution in [3.63, 3.8) is 0 Å². The highest BCUT2D eigenvalue weighted by molar-refractivity contribution is 14.1. The summed E-state index contributed by atoms with van der Waals surface area (Å²) in [5.74, 6) is -0.372. The van der Waals surface area contributed by atoms with Crippen molar-refractivity contribution in [3.8, 4) is 0 Å². The molecule has 0 bridgehead atoms. The maximum Gasteiger partial charge on any atom is 0.338 e. The number of carbonyl (C=O) groups is 1. The highest BCUT2D eigenvalue weighted by atomic mass is 127. The van der Waals surface area contributed by atoms with E-state index in [1.807, 2.05) is 48.5 Å². The zero-order chi connectivity index (χ0) is 19.1. The molecule has 3 rings (SSSR count). The molecule has 2 aromatic carbocycles. The van der Waals surface area contributed by atoms with Gasteiger partial charge in [0.05, 0.1) is 12.2 Å². The van der Waals surface area contributed by atoms with Crippen LogP contribution in [-0.2, 0) is 25.6 Å². The molecule has 144 valence electrons. The first-order valence-corrected chi connectivity index (χ1v) is 10.4. The van der Waals surface area contributed by atoms with Crippen LogP contribution in [0.1, 0.15) is 22.3 Å². The summed E-state index contributed by atoms with van der Waals surface area (Å²) in [6.07, 6.45) is -0.973. The Morgan fingerprint density at radius 1 is 1.11 bits per heavy atom. The number of benzene rings is 2. The first kappa shape index (κ1) is 20.3. The van der Waals surface area contributed by atoms with E-state index < -0.39 is 6.10 Å². The Hall–Kier alpha value is -1.48. The SMILES string of the molecule is COC1C[C@@H](OCc2ccccc2)[C@H](OC(=O)c2ccccc2)[C@@H](CI)O1. The van der Waals surface area contributed by atoms with Crippen molar-refractivity contribution >= 4 is 28.6 Å². The molecule has 1 aliphatic heterocycles. The number of methoxy groups -OCH3 is 1. The maximum absolute atomic E-state index is 12.6. The van der Waals surface area contributed by atoms with E-state index in [9.17, 15) is 4.79 Å². The van der Waals surface area contributed by atoms with Gasteiger partial charge >= 0.3 is 5.97 Å². The number of hydrogen-bond acceptors (Lipinski definition) is 5. The van der Waals surface area contributed by atoms with Crippen LogP contribution in [-0.4, -0.2) is 42.1 Å². The first-order chi connectivity index (χ1) is 13.2. The number of esters is 1. The number of carbonyl (C=O) groups excluding carboxylic acids is 1. The molecule has 4 atom stereocenters. The van der Waals surface area contributed by atoms with Crippen LogP contribution in [0.3, 0.4) is 0 Å². The van der Waals surface area contributed by atoms with Crippen molar-refractivity contribution in [3.05, 3.63) is 71.8 Å². The van der Waals surface area contributed by atoms with Crippen LogP contribution in [0.2, 0.25) is 0 Å². The van der Waals surface area contributed by atoms with Crippen molar-refractivity contribution in [2.24, 2.45) is 0 Å². The Bertz CT molecular complexity index is 709. The number of ether oxygens (including phenoxy) is 4.